The van der Waals surface area contributed by atoms with Gasteiger partial charge in [0.15, 0.2) is 0 Å². The predicted molar refractivity (Wildman–Crippen MR) is 134 cm³/mol. The molecule has 3 aliphatic rings. The molecule has 0 radical (unpaired) electrons. The van der Waals surface area contributed by atoms with E-state index < -0.39 is 29.7 Å². The van der Waals surface area contributed by atoms with Crippen molar-refractivity contribution in [2.45, 2.75) is 31.5 Å². The lowest BCUT2D eigenvalue weighted by Gasteiger charge is -2.33. The van der Waals surface area contributed by atoms with Crippen LogP contribution in [0.2, 0.25) is 0 Å². The summed E-state index contributed by atoms with van der Waals surface area (Å²) in [6, 6.07) is 13.3. The minimum Gasteiger partial charge on any atom is -0.341 e. The van der Waals surface area contributed by atoms with Gasteiger partial charge in [0, 0.05) is 20.1 Å². The molecular formula is C28H29F3N4O3. The maximum absolute atomic E-state index is 13.7. The summed E-state index contributed by atoms with van der Waals surface area (Å²) in [4.78, 5) is 43.5. The molecule has 1 saturated heterocycles. The van der Waals surface area contributed by atoms with Crippen LogP contribution in [0.5, 0.6) is 0 Å². The minimum absolute atomic E-state index is 0.0149. The first-order valence-electron chi connectivity index (χ1n) is 12.7. The molecule has 0 spiro atoms. The molecule has 4 amide bonds. The average molecular weight is 527 g/mol. The Morgan fingerprint density at radius 1 is 1.00 bits per heavy atom. The Balaban J connectivity index is 1.28. The number of carbonyl (C=O) groups excluding carboxylic acids is 3. The fraction of sp³-hybridized carbons (Fsp3) is 0.393. The lowest BCUT2D eigenvalue weighted by Crippen LogP contribution is -2.45. The zero-order valence-electron chi connectivity index (χ0n) is 21.0. The van der Waals surface area contributed by atoms with Crippen molar-refractivity contribution in [3.05, 3.63) is 82.6 Å². The number of halogens is 3. The first-order valence-corrected chi connectivity index (χ1v) is 12.7. The van der Waals surface area contributed by atoms with Crippen LogP contribution in [0.1, 0.15) is 35.6 Å². The summed E-state index contributed by atoms with van der Waals surface area (Å²) in [5.74, 6) is -0.268. The van der Waals surface area contributed by atoms with Crippen LogP contribution >= 0.6 is 0 Å². The number of amides is 4. The number of hydrogen-bond acceptors (Lipinski definition) is 3. The zero-order chi connectivity index (χ0) is 27.0. The number of hydrogen-bond donors (Lipinski definition) is 1. The van der Waals surface area contributed by atoms with Gasteiger partial charge in [-0.2, -0.15) is 13.2 Å². The van der Waals surface area contributed by atoms with Gasteiger partial charge in [-0.15, -0.1) is 0 Å². The van der Waals surface area contributed by atoms with Gasteiger partial charge >= 0.3 is 12.2 Å². The van der Waals surface area contributed by atoms with Crippen molar-refractivity contribution in [2.75, 3.05) is 33.2 Å². The third-order valence-electron chi connectivity index (χ3n) is 7.67. The van der Waals surface area contributed by atoms with Crippen LogP contribution < -0.4 is 5.32 Å². The summed E-state index contributed by atoms with van der Waals surface area (Å²) < 4.78 is 41.2. The van der Waals surface area contributed by atoms with E-state index in [0.29, 0.717) is 24.7 Å². The standard InChI is InChI=1S/C28H29F3N4O3/c1-33-22-16-35(17-23(36)34-13-11-19(12-14-34)15-18-7-3-2-4-8-18)26(37)24(22)25(32-27(33)38)20-9-5-6-10-21(20)28(29,30)31/h2-10,19,25H,11-17H2,1H3,(H,32,38). The second-order valence-electron chi connectivity index (χ2n) is 10.1. The van der Waals surface area contributed by atoms with Crippen molar-refractivity contribution < 1.29 is 27.6 Å². The number of alkyl halides is 3. The Kier molecular flexibility index (Phi) is 6.90. The van der Waals surface area contributed by atoms with Crippen molar-refractivity contribution in [3.8, 4) is 0 Å². The monoisotopic (exact) mass is 526 g/mol. The van der Waals surface area contributed by atoms with Gasteiger partial charge in [0.1, 0.15) is 6.54 Å². The first-order chi connectivity index (χ1) is 18.1. The van der Waals surface area contributed by atoms with E-state index in [0.717, 1.165) is 25.3 Å². The molecule has 0 saturated carbocycles. The van der Waals surface area contributed by atoms with Crippen LogP contribution in [0.15, 0.2) is 65.9 Å². The number of likely N-dealkylation sites (tertiary alicyclic amines) is 1. The molecule has 0 aromatic heterocycles. The van der Waals surface area contributed by atoms with E-state index in [1.807, 2.05) is 18.2 Å². The van der Waals surface area contributed by atoms with Gasteiger partial charge in [-0.3, -0.25) is 14.5 Å². The summed E-state index contributed by atoms with van der Waals surface area (Å²) in [5.41, 5.74) is 0.539. The van der Waals surface area contributed by atoms with E-state index in [-0.39, 0.29) is 30.1 Å². The number of piperidine rings is 1. The van der Waals surface area contributed by atoms with Crippen LogP contribution in [0.25, 0.3) is 0 Å². The Labute approximate surface area is 218 Å². The zero-order valence-corrected chi connectivity index (χ0v) is 21.0. The molecule has 1 fully saturated rings. The van der Waals surface area contributed by atoms with E-state index in [2.05, 4.69) is 17.4 Å². The third kappa shape index (κ3) is 4.99. The fourth-order valence-corrected chi connectivity index (χ4v) is 5.59. The molecule has 7 nitrogen and oxygen atoms in total. The van der Waals surface area contributed by atoms with Gasteiger partial charge in [0.05, 0.1) is 29.4 Å². The molecule has 38 heavy (non-hydrogen) atoms. The number of rotatable bonds is 5. The Hall–Kier alpha value is -3.82. The molecule has 1 N–H and O–H groups in total. The summed E-state index contributed by atoms with van der Waals surface area (Å²) >= 11 is 0. The predicted octanol–water partition coefficient (Wildman–Crippen LogP) is 3.98. The van der Waals surface area contributed by atoms with E-state index in [1.54, 1.807) is 4.90 Å². The maximum Gasteiger partial charge on any atom is 0.416 e. The largest absolute Gasteiger partial charge is 0.416 e. The molecule has 5 rings (SSSR count). The van der Waals surface area contributed by atoms with Gasteiger partial charge in [0.2, 0.25) is 5.91 Å². The summed E-state index contributed by atoms with van der Waals surface area (Å²) in [6.45, 7) is 0.976. The lowest BCUT2D eigenvalue weighted by molar-refractivity contribution is -0.139. The van der Waals surface area contributed by atoms with E-state index in [1.165, 1.54) is 40.6 Å². The van der Waals surface area contributed by atoms with E-state index >= 15 is 0 Å². The van der Waals surface area contributed by atoms with Crippen LogP contribution in [-0.2, 0) is 22.2 Å². The second-order valence-corrected chi connectivity index (χ2v) is 10.1. The Morgan fingerprint density at radius 2 is 1.66 bits per heavy atom. The highest BCUT2D eigenvalue weighted by Crippen LogP contribution is 2.41. The summed E-state index contributed by atoms with van der Waals surface area (Å²) in [7, 11) is 1.46. The van der Waals surface area contributed by atoms with Crippen molar-refractivity contribution in [1.82, 2.24) is 20.0 Å². The van der Waals surface area contributed by atoms with Crippen LogP contribution in [0, 0.1) is 5.92 Å². The first kappa shape index (κ1) is 25.8. The lowest BCUT2D eigenvalue weighted by atomic mass is 9.90. The van der Waals surface area contributed by atoms with E-state index in [9.17, 15) is 27.6 Å². The highest BCUT2D eigenvalue weighted by molar-refractivity contribution is 6.03. The normalized spacial score (nSPS) is 20.6. The highest BCUT2D eigenvalue weighted by Gasteiger charge is 2.46. The number of likely N-dealkylation sites (N-methyl/N-ethyl adjacent to an activating group) is 1. The molecule has 1 atom stereocenters. The van der Waals surface area contributed by atoms with Crippen LogP contribution in [-0.4, -0.2) is 65.8 Å². The van der Waals surface area contributed by atoms with Crippen LogP contribution in [0.3, 0.4) is 0 Å². The molecule has 1 unspecified atom stereocenters. The van der Waals surface area contributed by atoms with Gasteiger partial charge in [-0.25, -0.2) is 4.79 Å². The maximum atomic E-state index is 13.7. The van der Waals surface area contributed by atoms with Gasteiger partial charge in [-0.1, -0.05) is 48.5 Å². The molecule has 200 valence electrons. The van der Waals surface area contributed by atoms with Gasteiger partial charge < -0.3 is 15.1 Å². The topological polar surface area (TPSA) is 73.0 Å². The van der Waals surface area contributed by atoms with Crippen LogP contribution in [0.4, 0.5) is 18.0 Å². The summed E-state index contributed by atoms with van der Waals surface area (Å²) in [6.07, 6.45) is -1.98. The molecule has 0 aliphatic carbocycles. The smallest absolute Gasteiger partial charge is 0.341 e. The quantitative estimate of drug-likeness (QED) is 0.641. The summed E-state index contributed by atoms with van der Waals surface area (Å²) in [5, 5.41) is 2.55. The number of urea groups is 1. The molecule has 10 heteroatoms. The SMILES string of the molecule is CN1C(=O)NC(c2ccccc2C(F)(F)F)C2=C1CN(CC(=O)N1CCC(Cc3ccccc3)CC1)C2=O. The van der Waals surface area contributed by atoms with Crippen molar-refractivity contribution in [3.63, 3.8) is 0 Å². The molecule has 3 heterocycles. The highest BCUT2D eigenvalue weighted by atomic mass is 19.4. The Bertz CT molecular complexity index is 1270. The molecule has 2 aromatic rings. The molecule has 2 aromatic carbocycles. The van der Waals surface area contributed by atoms with Gasteiger partial charge in [-0.05, 0) is 42.4 Å². The van der Waals surface area contributed by atoms with Gasteiger partial charge in [0.25, 0.3) is 5.91 Å². The minimum atomic E-state index is -4.66. The Morgan fingerprint density at radius 3 is 2.34 bits per heavy atom. The second kappa shape index (κ2) is 10.2. The number of carbonyl (C=O) groups is 3. The average Bonchev–Trinajstić information content (AvgIpc) is 3.22. The number of nitrogens with one attached hydrogen (secondary N) is 1. The molecule has 0 bridgehead atoms. The third-order valence-corrected chi connectivity index (χ3v) is 7.67. The van der Waals surface area contributed by atoms with Crippen molar-refractivity contribution in [1.29, 1.82) is 0 Å². The fourth-order valence-electron chi connectivity index (χ4n) is 5.59. The number of benzene rings is 2. The molecular weight excluding hydrogens is 497 g/mol. The van der Waals surface area contributed by atoms with Crippen molar-refractivity contribution in [2.24, 2.45) is 5.92 Å². The van der Waals surface area contributed by atoms with Crippen molar-refractivity contribution >= 4 is 17.8 Å². The molecule has 3 aliphatic heterocycles. The number of nitrogens with zero attached hydrogens (tertiary/aromatic N) is 3. The van der Waals surface area contributed by atoms with E-state index in [4.69, 9.17) is 0 Å².